The Morgan fingerprint density at radius 2 is 1.88 bits per heavy atom. The molecule has 0 aliphatic rings. The number of hydrogen-bond donors (Lipinski definition) is 1. The van der Waals surface area contributed by atoms with Gasteiger partial charge in [-0.1, -0.05) is 23.2 Å². The second-order valence-electron chi connectivity index (χ2n) is 5.01. The van der Waals surface area contributed by atoms with Crippen LogP contribution in [-0.4, -0.2) is 23.2 Å². The van der Waals surface area contributed by atoms with E-state index in [0.29, 0.717) is 22.0 Å². The second-order valence-corrected chi connectivity index (χ2v) is 5.88. The zero-order valence-corrected chi connectivity index (χ0v) is 14.4. The molecule has 0 heterocycles. The summed E-state index contributed by atoms with van der Waals surface area (Å²) in [5.41, 5.74) is 0.0866. The Hall–Kier alpha value is -2.64. The lowest BCUT2D eigenvalue weighted by molar-refractivity contribution is -0.386. The highest BCUT2D eigenvalue weighted by atomic mass is 35.5. The minimum atomic E-state index is -1.04. The summed E-state index contributed by atoms with van der Waals surface area (Å²) < 4.78 is 5.37. The summed E-state index contributed by atoms with van der Waals surface area (Å²) in [6.45, 7) is 1.43. The molecule has 0 saturated carbocycles. The maximum absolute atomic E-state index is 12.2. The number of nitrogens with zero attached hydrogens (tertiary/aromatic N) is 1. The van der Waals surface area contributed by atoms with Gasteiger partial charge in [-0.2, -0.15) is 0 Å². The van der Waals surface area contributed by atoms with E-state index in [4.69, 9.17) is 27.9 Å². The maximum Gasteiger partial charge on any atom is 0.311 e. The number of amides is 1. The number of nitrogens with one attached hydrogen (secondary N) is 1. The molecule has 0 aromatic heterocycles. The van der Waals surface area contributed by atoms with Gasteiger partial charge in [0, 0.05) is 27.4 Å². The minimum Gasteiger partial charge on any atom is -0.474 e. The number of rotatable bonds is 6. The third-order valence-corrected chi connectivity index (χ3v) is 3.56. The normalized spacial score (nSPS) is 11.5. The van der Waals surface area contributed by atoms with Gasteiger partial charge in [-0.05, 0) is 37.3 Å². The van der Waals surface area contributed by atoms with Gasteiger partial charge < -0.3 is 10.1 Å². The van der Waals surface area contributed by atoms with Crippen LogP contribution in [0.25, 0.3) is 0 Å². The van der Waals surface area contributed by atoms with Crippen LogP contribution >= 0.6 is 23.2 Å². The zero-order chi connectivity index (χ0) is 18.6. The van der Waals surface area contributed by atoms with Crippen LogP contribution in [0.15, 0.2) is 36.4 Å². The number of carbonyl (C=O) groups excluding carboxylic acids is 2. The molecule has 1 atom stereocenters. The van der Waals surface area contributed by atoms with Crippen molar-refractivity contribution < 1.29 is 19.2 Å². The van der Waals surface area contributed by atoms with Crippen LogP contribution in [-0.2, 0) is 4.79 Å². The number of aldehydes is 1. The molecular formula is C16H12Cl2N2O5. The molecule has 2 rings (SSSR count). The lowest BCUT2D eigenvalue weighted by Crippen LogP contribution is -2.30. The van der Waals surface area contributed by atoms with Crippen LogP contribution in [0.5, 0.6) is 5.75 Å². The van der Waals surface area contributed by atoms with Gasteiger partial charge in [0.2, 0.25) is 0 Å². The first-order chi connectivity index (χ1) is 11.8. The number of anilines is 1. The van der Waals surface area contributed by atoms with E-state index in [-0.39, 0.29) is 11.3 Å². The molecular weight excluding hydrogens is 371 g/mol. The molecule has 0 unspecified atom stereocenters. The molecule has 9 heteroatoms. The molecule has 0 fully saturated rings. The summed E-state index contributed by atoms with van der Waals surface area (Å²) in [5.74, 6) is -0.672. The van der Waals surface area contributed by atoms with Crippen LogP contribution in [0, 0.1) is 10.1 Å². The van der Waals surface area contributed by atoms with Crippen LogP contribution in [0.1, 0.15) is 17.3 Å². The zero-order valence-electron chi connectivity index (χ0n) is 12.9. The first-order valence-corrected chi connectivity index (χ1v) is 7.73. The summed E-state index contributed by atoms with van der Waals surface area (Å²) in [7, 11) is 0. The maximum atomic E-state index is 12.2. The van der Waals surface area contributed by atoms with Crippen molar-refractivity contribution >= 4 is 46.8 Å². The van der Waals surface area contributed by atoms with E-state index in [9.17, 15) is 19.7 Å². The molecule has 0 aliphatic carbocycles. The average Bonchev–Trinajstić information content (AvgIpc) is 2.53. The average molecular weight is 383 g/mol. The van der Waals surface area contributed by atoms with E-state index in [0.717, 1.165) is 6.07 Å². The van der Waals surface area contributed by atoms with Crippen molar-refractivity contribution in [2.24, 2.45) is 0 Å². The van der Waals surface area contributed by atoms with Crippen molar-refractivity contribution in [2.75, 3.05) is 5.32 Å². The van der Waals surface area contributed by atoms with Crippen molar-refractivity contribution in [2.45, 2.75) is 13.0 Å². The molecule has 130 valence electrons. The SMILES string of the molecule is C[C@H](Oc1ccc(C=O)cc1[N+](=O)[O-])C(=O)Nc1cc(Cl)cc(Cl)c1. The highest BCUT2D eigenvalue weighted by molar-refractivity contribution is 6.35. The molecule has 0 aliphatic heterocycles. The number of benzene rings is 2. The van der Waals surface area contributed by atoms with Gasteiger partial charge >= 0.3 is 5.69 Å². The predicted molar refractivity (Wildman–Crippen MR) is 93.7 cm³/mol. The van der Waals surface area contributed by atoms with Crippen LogP contribution in [0.3, 0.4) is 0 Å². The molecule has 2 aromatic carbocycles. The second kappa shape index (κ2) is 7.96. The summed E-state index contributed by atoms with van der Waals surface area (Å²) in [4.78, 5) is 33.3. The van der Waals surface area contributed by atoms with Crippen molar-refractivity contribution in [3.63, 3.8) is 0 Å². The molecule has 1 amide bonds. The minimum absolute atomic E-state index is 0.123. The predicted octanol–water partition coefficient (Wildman–Crippen LogP) is 4.12. The van der Waals surface area contributed by atoms with Crippen LogP contribution < -0.4 is 10.1 Å². The fraction of sp³-hybridized carbons (Fsp3) is 0.125. The number of hydrogen-bond acceptors (Lipinski definition) is 5. The van der Waals surface area contributed by atoms with Crippen LogP contribution in [0.4, 0.5) is 11.4 Å². The third-order valence-electron chi connectivity index (χ3n) is 3.12. The van der Waals surface area contributed by atoms with E-state index in [1.165, 1.54) is 37.3 Å². The summed E-state index contributed by atoms with van der Waals surface area (Å²) in [6.07, 6.45) is -0.561. The van der Waals surface area contributed by atoms with E-state index in [1.807, 2.05) is 0 Å². The lowest BCUT2D eigenvalue weighted by Gasteiger charge is -2.15. The number of nitro benzene ring substituents is 1. The van der Waals surface area contributed by atoms with Crippen LogP contribution in [0.2, 0.25) is 10.0 Å². The standard InChI is InChI=1S/C16H12Cl2N2O5/c1-9(16(22)19-13-6-11(17)5-12(18)7-13)25-15-3-2-10(8-21)4-14(15)20(23)24/h2-9H,1H3,(H,19,22)/t9-/m0/s1. The quantitative estimate of drug-likeness (QED) is 0.460. The first-order valence-electron chi connectivity index (χ1n) is 6.97. The number of halogens is 2. The number of carbonyl (C=O) groups is 2. The summed E-state index contributed by atoms with van der Waals surface area (Å²) in [6, 6.07) is 8.21. The molecule has 0 bridgehead atoms. The summed E-state index contributed by atoms with van der Waals surface area (Å²) in [5, 5.41) is 14.3. The highest BCUT2D eigenvalue weighted by Gasteiger charge is 2.22. The molecule has 0 saturated heterocycles. The monoisotopic (exact) mass is 382 g/mol. The molecule has 0 radical (unpaired) electrons. The molecule has 1 N–H and O–H groups in total. The third kappa shape index (κ3) is 4.91. The first kappa shape index (κ1) is 18.7. The molecule has 2 aromatic rings. The number of nitro groups is 1. The van der Waals surface area contributed by atoms with Gasteiger partial charge in [0.05, 0.1) is 4.92 Å². The van der Waals surface area contributed by atoms with E-state index in [2.05, 4.69) is 5.32 Å². The van der Waals surface area contributed by atoms with E-state index < -0.39 is 22.6 Å². The Kier molecular flexibility index (Phi) is 5.95. The van der Waals surface area contributed by atoms with Crippen molar-refractivity contribution in [1.29, 1.82) is 0 Å². The largest absolute Gasteiger partial charge is 0.474 e. The number of ether oxygens (including phenoxy) is 1. The fourth-order valence-corrected chi connectivity index (χ4v) is 2.49. The van der Waals surface area contributed by atoms with Crippen molar-refractivity contribution in [1.82, 2.24) is 0 Å². The van der Waals surface area contributed by atoms with Crippen molar-refractivity contribution in [3.05, 3.63) is 62.1 Å². The van der Waals surface area contributed by atoms with Gasteiger partial charge in [-0.15, -0.1) is 0 Å². The summed E-state index contributed by atoms with van der Waals surface area (Å²) >= 11 is 11.7. The lowest BCUT2D eigenvalue weighted by atomic mass is 10.2. The van der Waals surface area contributed by atoms with Crippen molar-refractivity contribution in [3.8, 4) is 5.75 Å². The Balaban J connectivity index is 2.15. The van der Waals surface area contributed by atoms with Gasteiger partial charge in [-0.3, -0.25) is 19.7 Å². The molecule has 7 nitrogen and oxygen atoms in total. The topological polar surface area (TPSA) is 98.5 Å². The van der Waals surface area contributed by atoms with E-state index >= 15 is 0 Å². The van der Waals surface area contributed by atoms with Gasteiger partial charge in [0.25, 0.3) is 5.91 Å². The smallest absolute Gasteiger partial charge is 0.311 e. The Bertz CT molecular complexity index is 821. The van der Waals surface area contributed by atoms with Gasteiger partial charge in [0.15, 0.2) is 11.9 Å². The van der Waals surface area contributed by atoms with E-state index in [1.54, 1.807) is 0 Å². The fourth-order valence-electron chi connectivity index (χ4n) is 1.96. The Morgan fingerprint density at radius 1 is 1.24 bits per heavy atom. The Morgan fingerprint density at radius 3 is 2.44 bits per heavy atom. The molecule has 0 spiro atoms. The van der Waals surface area contributed by atoms with Gasteiger partial charge in [0.1, 0.15) is 6.29 Å². The highest BCUT2D eigenvalue weighted by Crippen LogP contribution is 2.29. The van der Waals surface area contributed by atoms with Gasteiger partial charge in [-0.25, -0.2) is 0 Å². The molecule has 25 heavy (non-hydrogen) atoms. The Labute approximate surface area is 152 Å².